The molecule has 5 aromatic rings. The fourth-order valence-electron chi connectivity index (χ4n) is 3.70. The van der Waals surface area contributed by atoms with E-state index in [-0.39, 0.29) is 16.7 Å². The lowest BCUT2D eigenvalue weighted by Gasteiger charge is -2.15. The Morgan fingerprint density at radius 3 is 2.45 bits per heavy atom. The maximum atomic E-state index is 13.7. The van der Waals surface area contributed by atoms with Crippen molar-refractivity contribution in [1.82, 2.24) is 4.57 Å². The van der Waals surface area contributed by atoms with Crippen LogP contribution in [0.2, 0.25) is 5.02 Å². The van der Waals surface area contributed by atoms with Crippen LogP contribution in [0.4, 0.5) is 0 Å². The van der Waals surface area contributed by atoms with Crippen molar-refractivity contribution in [2.45, 2.75) is 0 Å². The van der Waals surface area contributed by atoms with Gasteiger partial charge in [-0.05, 0) is 42.5 Å². The first-order valence-electron chi connectivity index (χ1n) is 9.89. The molecule has 0 spiro atoms. The van der Waals surface area contributed by atoms with Crippen LogP contribution in [0.5, 0.6) is 23.0 Å². The molecule has 3 aromatic carbocycles. The smallest absolute Gasteiger partial charge is 0.383 e. The second-order valence-electron chi connectivity index (χ2n) is 7.19. The van der Waals surface area contributed by atoms with Gasteiger partial charge in [0.25, 0.3) is 11.3 Å². The molecule has 0 radical (unpaired) electrons. The van der Waals surface area contributed by atoms with Gasteiger partial charge < -0.3 is 19.0 Å². The highest BCUT2D eigenvalue weighted by atomic mass is 35.5. The Morgan fingerprint density at radius 1 is 0.939 bits per heavy atom. The Bertz CT molecular complexity index is 1640. The van der Waals surface area contributed by atoms with E-state index in [1.807, 2.05) is 6.07 Å². The molecule has 5 rings (SSSR count). The van der Waals surface area contributed by atoms with Crippen molar-refractivity contribution < 1.29 is 19.0 Å². The van der Waals surface area contributed by atoms with E-state index in [0.29, 0.717) is 27.4 Å². The van der Waals surface area contributed by atoms with Gasteiger partial charge in [0, 0.05) is 22.2 Å². The number of para-hydroxylation sites is 1. The van der Waals surface area contributed by atoms with Gasteiger partial charge >= 0.3 is 5.63 Å². The Balaban J connectivity index is 1.88. The summed E-state index contributed by atoms with van der Waals surface area (Å²) in [6, 6.07) is 20.2. The van der Waals surface area contributed by atoms with Crippen molar-refractivity contribution in [2.24, 2.45) is 0 Å². The molecule has 0 fully saturated rings. The van der Waals surface area contributed by atoms with Crippen LogP contribution in [0.1, 0.15) is 0 Å². The Labute approximate surface area is 191 Å². The summed E-state index contributed by atoms with van der Waals surface area (Å²) in [4.78, 5) is 26.4. The highest BCUT2D eigenvalue weighted by Crippen LogP contribution is 2.37. The van der Waals surface area contributed by atoms with Gasteiger partial charge in [-0.15, -0.1) is 0 Å². The standard InChI is InChI=1S/C25H16ClNO6/c1-31-16-10-11-18-19(13-16)27(15-7-3-2-4-8-15)24(29)20-21(28)23(25(30)33-22(18)20)32-17-9-5-6-14(26)12-17/h2-13,28H,1H3. The Kier molecular flexibility index (Phi) is 5.03. The average molecular weight is 462 g/mol. The second-order valence-corrected chi connectivity index (χ2v) is 7.63. The number of fused-ring (bicyclic) bond motifs is 3. The lowest BCUT2D eigenvalue weighted by Crippen LogP contribution is -2.20. The zero-order valence-electron chi connectivity index (χ0n) is 17.2. The molecule has 0 unspecified atom stereocenters. The fraction of sp³-hybridized carbons (Fsp3) is 0.0400. The molecule has 0 aliphatic heterocycles. The number of benzene rings is 3. The Morgan fingerprint density at radius 2 is 1.73 bits per heavy atom. The molecule has 33 heavy (non-hydrogen) atoms. The van der Waals surface area contributed by atoms with E-state index in [4.69, 9.17) is 25.5 Å². The summed E-state index contributed by atoms with van der Waals surface area (Å²) in [5.41, 5.74) is -0.566. The molecule has 0 aliphatic carbocycles. The van der Waals surface area contributed by atoms with Gasteiger partial charge in [-0.3, -0.25) is 9.36 Å². The molecule has 0 amide bonds. The number of aromatic hydroxyl groups is 1. The summed E-state index contributed by atoms with van der Waals surface area (Å²) in [6.45, 7) is 0. The van der Waals surface area contributed by atoms with Crippen LogP contribution in [-0.2, 0) is 0 Å². The third-order valence-corrected chi connectivity index (χ3v) is 5.43. The van der Waals surface area contributed by atoms with E-state index >= 15 is 0 Å². The predicted octanol–water partition coefficient (Wildman–Crippen LogP) is 5.26. The molecule has 7 nitrogen and oxygen atoms in total. The zero-order chi connectivity index (χ0) is 23.1. The van der Waals surface area contributed by atoms with E-state index in [0.717, 1.165) is 0 Å². The molecule has 1 N–H and O–H groups in total. The van der Waals surface area contributed by atoms with Crippen LogP contribution < -0.4 is 20.7 Å². The van der Waals surface area contributed by atoms with Crippen LogP contribution in [-0.4, -0.2) is 16.8 Å². The molecule has 0 saturated carbocycles. The lowest BCUT2D eigenvalue weighted by atomic mass is 10.1. The van der Waals surface area contributed by atoms with Crippen molar-refractivity contribution in [2.75, 3.05) is 7.11 Å². The number of hydrogen-bond donors (Lipinski definition) is 1. The number of nitrogens with zero attached hydrogens (tertiary/aromatic N) is 1. The summed E-state index contributed by atoms with van der Waals surface area (Å²) >= 11 is 5.98. The molecular formula is C25H16ClNO6. The van der Waals surface area contributed by atoms with Crippen LogP contribution in [0.25, 0.3) is 27.6 Å². The number of aromatic nitrogens is 1. The van der Waals surface area contributed by atoms with Crippen LogP contribution in [0, 0.1) is 0 Å². The van der Waals surface area contributed by atoms with Gasteiger partial charge in [0.2, 0.25) is 0 Å². The molecule has 164 valence electrons. The minimum Gasteiger partial charge on any atom is -0.503 e. The minimum atomic E-state index is -0.936. The zero-order valence-corrected chi connectivity index (χ0v) is 18.0. The molecule has 2 heterocycles. The van der Waals surface area contributed by atoms with Gasteiger partial charge in [0.05, 0.1) is 12.6 Å². The number of halogens is 1. The van der Waals surface area contributed by atoms with Gasteiger partial charge in [-0.25, -0.2) is 4.79 Å². The second kappa shape index (κ2) is 8.03. The maximum absolute atomic E-state index is 13.7. The van der Waals surface area contributed by atoms with Crippen molar-refractivity contribution in [1.29, 1.82) is 0 Å². The summed E-state index contributed by atoms with van der Waals surface area (Å²) < 4.78 is 17.8. The van der Waals surface area contributed by atoms with Crippen molar-refractivity contribution >= 4 is 33.5 Å². The SMILES string of the molecule is COc1ccc2c3oc(=O)c(Oc4cccc(Cl)c4)c(O)c3c(=O)n(-c3ccccc3)c2c1. The summed E-state index contributed by atoms with van der Waals surface area (Å²) in [5, 5.41) is 11.6. The molecule has 0 atom stereocenters. The topological polar surface area (TPSA) is 90.9 Å². The molecule has 0 bridgehead atoms. The quantitative estimate of drug-likeness (QED) is 0.367. The van der Waals surface area contributed by atoms with E-state index in [1.165, 1.54) is 17.7 Å². The van der Waals surface area contributed by atoms with Gasteiger partial charge in [0.1, 0.15) is 16.9 Å². The van der Waals surface area contributed by atoms with Crippen LogP contribution in [0.15, 0.2) is 86.8 Å². The Hall–Kier alpha value is -4.23. The first kappa shape index (κ1) is 20.7. The number of methoxy groups -OCH3 is 1. The molecule has 0 aliphatic rings. The number of hydrogen-bond acceptors (Lipinski definition) is 6. The van der Waals surface area contributed by atoms with Gasteiger partial charge in [0.15, 0.2) is 11.3 Å². The predicted molar refractivity (Wildman–Crippen MR) is 125 cm³/mol. The van der Waals surface area contributed by atoms with E-state index in [1.54, 1.807) is 60.7 Å². The fourth-order valence-corrected chi connectivity index (χ4v) is 3.88. The largest absolute Gasteiger partial charge is 0.503 e. The monoisotopic (exact) mass is 461 g/mol. The molecule has 2 aromatic heterocycles. The number of pyridine rings is 1. The normalized spacial score (nSPS) is 11.1. The lowest BCUT2D eigenvalue weighted by molar-refractivity contribution is 0.387. The molecular weight excluding hydrogens is 446 g/mol. The summed E-state index contributed by atoms with van der Waals surface area (Å²) in [5.74, 6) is -0.403. The van der Waals surface area contributed by atoms with Crippen molar-refractivity contribution in [3.63, 3.8) is 0 Å². The average Bonchev–Trinajstić information content (AvgIpc) is 2.82. The van der Waals surface area contributed by atoms with Crippen molar-refractivity contribution in [3.05, 3.63) is 98.6 Å². The first-order chi connectivity index (χ1) is 16.0. The minimum absolute atomic E-state index is 0.0502. The van der Waals surface area contributed by atoms with E-state index < -0.39 is 22.7 Å². The third-order valence-electron chi connectivity index (χ3n) is 5.20. The molecule has 0 saturated heterocycles. The summed E-state index contributed by atoms with van der Waals surface area (Å²) in [7, 11) is 1.51. The third kappa shape index (κ3) is 3.48. The van der Waals surface area contributed by atoms with E-state index in [9.17, 15) is 14.7 Å². The maximum Gasteiger partial charge on any atom is 0.383 e. The highest BCUT2D eigenvalue weighted by molar-refractivity contribution is 6.30. The van der Waals surface area contributed by atoms with Crippen LogP contribution >= 0.6 is 11.6 Å². The number of ether oxygens (including phenoxy) is 2. The van der Waals surface area contributed by atoms with Gasteiger partial charge in [-0.1, -0.05) is 35.9 Å². The molecule has 8 heteroatoms. The van der Waals surface area contributed by atoms with Gasteiger partial charge in [-0.2, -0.15) is 0 Å². The highest BCUT2D eigenvalue weighted by Gasteiger charge is 2.24. The number of rotatable bonds is 4. The first-order valence-corrected chi connectivity index (χ1v) is 10.3. The summed E-state index contributed by atoms with van der Waals surface area (Å²) in [6.07, 6.45) is 0. The van der Waals surface area contributed by atoms with E-state index in [2.05, 4.69) is 0 Å². The van der Waals surface area contributed by atoms with Crippen molar-refractivity contribution in [3.8, 4) is 28.7 Å². The van der Waals surface area contributed by atoms with Crippen LogP contribution in [0.3, 0.4) is 0 Å².